The van der Waals surface area contributed by atoms with Crippen LogP contribution in [-0.2, 0) is 0 Å². The SMILES string of the molecule is COc1ccc(/C=c2/sc3n(c2=O)C(c2ccccc2)C2=C(N=3)/C(=C/c3ccccc3)CCC2)cc1. The van der Waals surface area contributed by atoms with Gasteiger partial charge in [-0.25, -0.2) is 4.99 Å². The van der Waals surface area contributed by atoms with Gasteiger partial charge in [0.25, 0.3) is 5.56 Å². The van der Waals surface area contributed by atoms with E-state index in [0.717, 1.165) is 46.6 Å². The van der Waals surface area contributed by atoms with Crippen LogP contribution >= 0.6 is 11.3 Å². The molecular formula is C31H26N2O2S. The first-order valence-electron chi connectivity index (χ1n) is 12.2. The van der Waals surface area contributed by atoms with Crippen LogP contribution in [0.5, 0.6) is 5.75 Å². The highest BCUT2D eigenvalue weighted by Gasteiger charge is 2.32. The lowest BCUT2D eigenvalue weighted by Gasteiger charge is -2.31. The number of fused-ring (bicyclic) bond motifs is 1. The average Bonchev–Trinajstić information content (AvgIpc) is 3.23. The molecule has 1 aliphatic heterocycles. The van der Waals surface area contributed by atoms with Crippen LogP contribution in [0.4, 0.5) is 0 Å². The standard InChI is InChI=1S/C31H26N2O2S/c1-35-25-17-15-22(16-18-25)20-27-30(34)33-29(23-11-6-3-7-12-23)26-14-8-13-24(28(26)32-31(33)36-27)19-21-9-4-2-5-10-21/h2-7,9-12,15-20,29H,8,13-14H2,1H3/b24-19+,27-20+. The van der Waals surface area contributed by atoms with Gasteiger partial charge in [-0.3, -0.25) is 9.36 Å². The second kappa shape index (κ2) is 9.59. The van der Waals surface area contributed by atoms with Crippen LogP contribution in [0.1, 0.15) is 42.0 Å². The van der Waals surface area contributed by atoms with E-state index in [-0.39, 0.29) is 11.6 Å². The minimum atomic E-state index is -0.144. The van der Waals surface area contributed by atoms with Crippen molar-refractivity contribution in [3.8, 4) is 5.75 Å². The maximum Gasteiger partial charge on any atom is 0.271 e. The van der Waals surface area contributed by atoms with Crippen molar-refractivity contribution in [2.24, 2.45) is 4.99 Å². The second-order valence-electron chi connectivity index (χ2n) is 9.07. The van der Waals surface area contributed by atoms with Crippen LogP contribution in [0.3, 0.4) is 0 Å². The maximum absolute atomic E-state index is 13.8. The normalized spacial score (nSPS) is 18.5. The number of rotatable bonds is 4. The van der Waals surface area contributed by atoms with Gasteiger partial charge < -0.3 is 4.74 Å². The molecule has 0 radical (unpaired) electrons. The van der Waals surface area contributed by atoms with Crippen LogP contribution in [0.2, 0.25) is 0 Å². The first kappa shape index (κ1) is 22.5. The molecule has 4 nitrogen and oxygen atoms in total. The predicted octanol–water partition coefficient (Wildman–Crippen LogP) is 5.49. The Hall–Kier alpha value is -3.96. The number of nitrogens with zero attached hydrogens (tertiary/aromatic N) is 2. The van der Waals surface area contributed by atoms with Gasteiger partial charge in [0.2, 0.25) is 0 Å². The van der Waals surface area contributed by atoms with E-state index in [1.54, 1.807) is 7.11 Å². The molecule has 0 spiro atoms. The Bertz CT molecular complexity index is 1640. The van der Waals surface area contributed by atoms with E-state index in [0.29, 0.717) is 4.53 Å². The summed E-state index contributed by atoms with van der Waals surface area (Å²) in [5.41, 5.74) is 6.80. The predicted molar refractivity (Wildman–Crippen MR) is 146 cm³/mol. The summed E-state index contributed by atoms with van der Waals surface area (Å²) in [6.45, 7) is 0. The smallest absolute Gasteiger partial charge is 0.271 e. The molecule has 4 aromatic rings. The van der Waals surface area contributed by atoms with Gasteiger partial charge in [-0.05, 0) is 71.4 Å². The van der Waals surface area contributed by atoms with Gasteiger partial charge in [-0.2, -0.15) is 0 Å². The zero-order valence-corrected chi connectivity index (χ0v) is 20.9. The van der Waals surface area contributed by atoms with Gasteiger partial charge in [-0.1, -0.05) is 84.1 Å². The topological polar surface area (TPSA) is 43.6 Å². The molecule has 0 N–H and O–H groups in total. The Kier molecular flexibility index (Phi) is 5.99. The summed E-state index contributed by atoms with van der Waals surface area (Å²) in [5, 5.41) is 0. The van der Waals surface area contributed by atoms with Gasteiger partial charge in [0.15, 0.2) is 4.80 Å². The molecule has 0 amide bonds. The molecule has 178 valence electrons. The molecule has 2 aliphatic rings. The molecule has 5 heteroatoms. The molecule has 0 saturated heterocycles. The van der Waals surface area contributed by atoms with Crippen molar-refractivity contribution in [3.05, 3.63) is 138 Å². The van der Waals surface area contributed by atoms with Crippen molar-refractivity contribution < 1.29 is 4.74 Å². The number of ether oxygens (including phenoxy) is 1. The summed E-state index contributed by atoms with van der Waals surface area (Å²) in [7, 11) is 1.65. The summed E-state index contributed by atoms with van der Waals surface area (Å²) >= 11 is 1.46. The number of thiazole rings is 1. The fraction of sp³-hybridized carbons (Fsp3) is 0.161. The Labute approximate surface area is 213 Å². The van der Waals surface area contributed by atoms with E-state index in [2.05, 4.69) is 42.5 Å². The molecular weight excluding hydrogens is 464 g/mol. The molecule has 1 atom stereocenters. The van der Waals surface area contributed by atoms with Gasteiger partial charge in [0.05, 0.1) is 23.4 Å². The Balaban J connectivity index is 1.55. The largest absolute Gasteiger partial charge is 0.497 e. The number of allylic oxidation sites excluding steroid dienone is 2. The fourth-order valence-electron chi connectivity index (χ4n) is 5.09. The van der Waals surface area contributed by atoms with Crippen molar-refractivity contribution >= 4 is 23.5 Å². The molecule has 6 rings (SSSR count). The number of methoxy groups -OCH3 is 1. The van der Waals surface area contributed by atoms with Crippen LogP contribution in [0, 0.1) is 0 Å². The quantitative estimate of drug-likeness (QED) is 0.380. The third-order valence-corrected chi connectivity index (χ3v) is 7.79. The van der Waals surface area contributed by atoms with Gasteiger partial charge >= 0.3 is 0 Å². The molecule has 0 saturated carbocycles. The highest BCUT2D eigenvalue weighted by Crippen LogP contribution is 2.40. The van der Waals surface area contributed by atoms with Crippen molar-refractivity contribution in [3.63, 3.8) is 0 Å². The molecule has 2 heterocycles. The average molecular weight is 491 g/mol. The first-order chi connectivity index (χ1) is 17.7. The van der Waals surface area contributed by atoms with Gasteiger partial charge in [-0.15, -0.1) is 0 Å². The second-order valence-corrected chi connectivity index (χ2v) is 10.1. The number of aromatic nitrogens is 1. The molecule has 1 unspecified atom stereocenters. The molecule has 1 aromatic heterocycles. The number of benzene rings is 3. The van der Waals surface area contributed by atoms with E-state index < -0.39 is 0 Å². The number of hydrogen-bond donors (Lipinski definition) is 0. The van der Waals surface area contributed by atoms with Crippen LogP contribution in [0.15, 0.2) is 112 Å². The van der Waals surface area contributed by atoms with Crippen LogP contribution < -0.4 is 19.6 Å². The van der Waals surface area contributed by atoms with Crippen molar-refractivity contribution in [2.75, 3.05) is 7.11 Å². The van der Waals surface area contributed by atoms with Gasteiger partial charge in [0.1, 0.15) is 5.75 Å². The molecule has 0 fully saturated rings. The molecule has 0 bridgehead atoms. The van der Waals surface area contributed by atoms with Crippen LogP contribution in [-0.4, -0.2) is 11.7 Å². The van der Waals surface area contributed by atoms with Crippen molar-refractivity contribution in [2.45, 2.75) is 25.3 Å². The summed E-state index contributed by atoms with van der Waals surface area (Å²) < 4.78 is 7.87. The van der Waals surface area contributed by atoms with E-state index in [1.165, 1.54) is 28.0 Å². The zero-order chi connectivity index (χ0) is 24.5. The zero-order valence-electron chi connectivity index (χ0n) is 20.1. The Morgan fingerprint density at radius 1 is 0.889 bits per heavy atom. The highest BCUT2D eigenvalue weighted by molar-refractivity contribution is 7.07. The Morgan fingerprint density at radius 3 is 2.31 bits per heavy atom. The van der Waals surface area contributed by atoms with Gasteiger partial charge in [0, 0.05) is 0 Å². The number of hydrogen-bond acceptors (Lipinski definition) is 4. The minimum absolute atomic E-state index is 0.00846. The minimum Gasteiger partial charge on any atom is -0.497 e. The summed E-state index contributed by atoms with van der Waals surface area (Å²) in [5.74, 6) is 0.795. The van der Waals surface area contributed by atoms with E-state index >= 15 is 0 Å². The lowest BCUT2D eigenvalue weighted by Crippen LogP contribution is -2.39. The molecule has 1 aliphatic carbocycles. The monoisotopic (exact) mass is 490 g/mol. The van der Waals surface area contributed by atoms with E-state index in [9.17, 15) is 4.79 Å². The third kappa shape index (κ3) is 4.16. The van der Waals surface area contributed by atoms with E-state index in [1.807, 2.05) is 59.2 Å². The Morgan fingerprint density at radius 2 is 1.58 bits per heavy atom. The molecule has 3 aromatic carbocycles. The summed E-state index contributed by atoms with van der Waals surface area (Å²) in [4.78, 5) is 19.7. The fourth-order valence-corrected chi connectivity index (χ4v) is 6.10. The first-order valence-corrected chi connectivity index (χ1v) is 13.0. The summed E-state index contributed by atoms with van der Waals surface area (Å²) in [6, 6.07) is 28.4. The third-order valence-electron chi connectivity index (χ3n) is 6.80. The summed E-state index contributed by atoms with van der Waals surface area (Å²) in [6.07, 6.45) is 7.18. The van der Waals surface area contributed by atoms with Crippen LogP contribution in [0.25, 0.3) is 12.2 Å². The van der Waals surface area contributed by atoms with Crippen molar-refractivity contribution in [1.29, 1.82) is 0 Å². The lowest BCUT2D eigenvalue weighted by molar-refractivity contribution is 0.415. The lowest BCUT2D eigenvalue weighted by atomic mass is 9.84. The maximum atomic E-state index is 13.8. The highest BCUT2D eigenvalue weighted by atomic mass is 32.1. The molecule has 36 heavy (non-hydrogen) atoms. The van der Waals surface area contributed by atoms with Crippen molar-refractivity contribution in [1.82, 2.24) is 4.57 Å². The van der Waals surface area contributed by atoms with E-state index in [4.69, 9.17) is 9.73 Å².